The number of nitrogens with zero attached hydrogens (tertiary/aromatic N) is 1. The normalized spacial score (nSPS) is 12.2. The van der Waals surface area contributed by atoms with Gasteiger partial charge in [-0.1, -0.05) is 61.9 Å². The van der Waals surface area contributed by atoms with E-state index in [1.807, 2.05) is 0 Å². The van der Waals surface area contributed by atoms with Gasteiger partial charge in [-0.15, -0.1) is 0 Å². The molecule has 0 aliphatic rings. The highest BCUT2D eigenvalue weighted by Gasteiger charge is 2.44. The van der Waals surface area contributed by atoms with E-state index in [0.717, 1.165) is 19.3 Å². The van der Waals surface area contributed by atoms with E-state index in [1.165, 1.54) is 34.9 Å². The summed E-state index contributed by atoms with van der Waals surface area (Å²) in [6.07, 6.45) is 14.3. The van der Waals surface area contributed by atoms with Crippen LogP contribution in [0.25, 0.3) is 0 Å². The van der Waals surface area contributed by atoms with Gasteiger partial charge in [0.15, 0.2) is 0 Å². The van der Waals surface area contributed by atoms with Crippen molar-refractivity contribution in [3.8, 4) is 6.07 Å². The fourth-order valence-electron chi connectivity index (χ4n) is 3.73. The fraction of sp³-hybridized carbons (Fsp3) is 0.346. The van der Waals surface area contributed by atoms with Gasteiger partial charge in [-0.3, -0.25) is 0 Å². The number of benzene rings is 2. The molecule has 2 heteroatoms. The van der Waals surface area contributed by atoms with E-state index in [4.69, 9.17) is 5.26 Å². The van der Waals surface area contributed by atoms with E-state index in [-0.39, 0.29) is 0 Å². The van der Waals surface area contributed by atoms with Crippen LogP contribution in [0.4, 0.5) is 0 Å². The molecule has 0 spiro atoms. The highest BCUT2D eigenvalue weighted by molar-refractivity contribution is 7.92. The number of allylic oxidation sites excluding steroid dienone is 4. The molecule has 0 saturated heterocycles. The first-order chi connectivity index (χ1) is 13.8. The number of rotatable bonds is 11. The summed E-state index contributed by atoms with van der Waals surface area (Å²) in [5.41, 5.74) is 0. The van der Waals surface area contributed by atoms with Crippen molar-refractivity contribution < 1.29 is 0 Å². The summed E-state index contributed by atoms with van der Waals surface area (Å²) in [7, 11) is -1.64. The molecule has 0 N–H and O–H groups in total. The van der Waals surface area contributed by atoms with E-state index in [1.54, 1.807) is 0 Å². The van der Waals surface area contributed by atoms with Crippen molar-refractivity contribution in [2.24, 2.45) is 0 Å². The minimum atomic E-state index is -1.64. The van der Waals surface area contributed by atoms with Gasteiger partial charge in [0.1, 0.15) is 17.9 Å². The molecule has 28 heavy (non-hydrogen) atoms. The maximum atomic E-state index is 8.77. The molecule has 0 heterocycles. The van der Waals surface area contributed by atoms with Crippen molar-refractivity contribution in [3.63, 3.8) is 0 Å². The Bertz CT molecular complexity index is 745. The smallest absolute Gasteiger partial charge is 0.107 e. The molecule has 0 aliphatic heterocycles. The minimum absolute atomic E-state index is 0.679. The third kappa shape index (κ3) is 5.92. The van der Waals surface area contributed by atoms with Gasteiger partial charge in [0.25, 0.3) is 0 Å². The number of hydrogen-bond acceptors (Lipinski definition) is 1. The van der Waals surface area contributed by atoms with Gasteiger partial charge in [0.2, 0.25) is 0 Å². The first-order valence-corrected chi connectivity index (χ1v) is 12.4. The van der Waals surface area contributed by atoms with E-state index in [0.29, 0.717) is 6.42 Å². The predicted octanol–water partition coefficient (Wildman–Crippen LogP) is 7.00. The highest BCUT2D eigenvalue weighted by Crippen LogP contribution is 2.63. The molecule has 2 rings (SSSR count). The molecule has 2 aromatic carbocycles. The molecule has 0 radical (unpaired) electrons. The quantitative estimate of drug-likeness (QED) is 0.230. The van der Waals surface area contributed by atoms with Crippen LogP contribution in [0, 0.1) is 11.3 Å². The average Bonchev–Trinajstić information content (AvgIpc) is 2.75. The van der Waals surface area contributed by atoms with Gasteiger partial charge in [0, 0.05) is 6.42 Å². The largest absolute Gasteiger partial charge is 0.198 e. The van der Waals surface area contributed by atoms with Gasteiger partial charge >= 0.3 is 0 Å². The zero-order valence-electron chi connectivity index (χ0n) is 17.3. The van der Waals surface area contributed by atoms with Gasteiger partial charge in [0.05, 0.1) is 17.5 Å². The Balaban J connectivity index is 2.42. The average molecular weight is 391 g/mol. The maximum absolute atomic E-state index is 8.77. The van der Waals surface area contributed by atoms with Crippen molar-refractivity contribution in [2.75, 3.05) is 6.16 Å². The summed E-state index contributed by atoms with van der Waals surface area (Å²) in [5.74, 6) is 0. The third-order valence-electron chi connectivity index (χ3n) is 5.24. The SMILES string of the molecule is CC/C=C\C=C(/C)[P+](CCCCCCC#N)(c1ccccc1)c1ccccc1. The van der Waals surface area contributed by atoms with Crippen LogP contribution in [-0.4, -0.2) is 6.16 Å². The number of unbranched alkanes of at least 4 members (excludes halogenated alkanes) is 4. The first-order valence-electron chi connectivity index (χ1n) is 10.5. The van der Waals surface area contributed by atoms with Crippen LogP contribution in [0.2, 0.25) is 0 Å². The van der Waals surface area contributed by atoms with E-state index >= 15 is 0 Å². The Morgan fingerprint density at radius 1 is 0.893 bits per heavy atom. The van der Waals surface area contributed by atoms with Gasteiger partial charge in [-0.25, -0.2) is 0 Å². The first kappa shape index (κ1) is 22.1. The predicted molar refractivity (Wildman–Crippen MR) is 126 cm³/mol. The Morgan fingerprint density at radius 3 is 2.00 bits per heavy atom. The fourth-order valence-corrected chi connectivity index (χ4v) is 8.12. The van der Waals surface area contributed by atoms with Crippen LogP contribution in [-0.2, 0) is 0 Å². The molecule has 0 aromatic heterocycles. The maximum Gasteiger partial charge on any atom is 0.107 e. The summed E-state index contributed by atoms with van der Waals surface area (Å²) in [5, 5.41) is 13.2. The van der Waals surface area contributed by atoms with Crippen LogP contribution in [0.5, 0.6) is 0 Å². The molecule has 0 unspecified atom stereocenters. The Hall–Kier alpha value is -2.16. The van der Waals surface area contributed by atoms with E-state index < -0.39 is 7.26 Å². The standard InChI is InChI=1S/C26H33NP/c1-3-4-10-17-24(2)28(25-18-11-8-12-19-25,26-20-13-9-14-21-26)23-16-7-5-6-15-22-27/h4,8-14,17-21H,3,5-7,15-16,23H2,1-2H3/q+1/b10-4-,24-17+. The van der Waals surface area contributed by atoms with E-state index in [2.05, 4.69) is 98.8 Å². The highest BCUT2D eigenvalue weighted by atomic mass is 31.2. The molecule has 0 amide bonds. The molecule has 0 bridgehead atoms. The monoisotopic (exact) mass is 390 g/mol. The lowest BCUT2D eigenvalue weighted by Gasteiger charge is -2.28. The van der Waals surface area contributed by atoms with Crippen molar-refractivity contribution in [3.05, 3.63) is 84.2 Å². The second-order valence-corrected chi connectivity index (χ2v) is 11.0. The lowest BCUT2D eigenvalue weighted by molar-refractivity contribution is 0.680. The van der Waals surface area contributed by atoms with Gasteiger partial charge < -0.3 is 0 Å². The van der Waals surface area contributed by atoms with Crippen molar-refractivity contribution in [2.45, 2.75) is 52.4 Å². The van der Waals surface area contributed by atoms with Crippen molar-refractivity contribution >= 4 is 17.9 Å². The molecular weight excluding hydrogens is 357 g/mol. The summed E-state index contributed by atoms with van der Waals surface area (Å²) in [6, 6.07) is 24.5. The van der Waals surface area contributed by atoms with Gasteiger partial charge in [-0.05, 0) is 62.9 Å². The number of hydrogen-bond donors (Lipinski definition) is 0. The molecule has 1 nitrogen and oxygen atoms in total. The van der Waals surface area contributed by atoms with Crippen molar-refractivity contribution in [1.82, 2.24) is 0 Å². The second kappa shape index (κ2) is 12.3. The Morgan fingerprint density at radius 2 is 1.46 bits per heavy atom. The van der Waals surface area contributed by atoms with Crippen LogP contribution < -0.4 is 10.6 Å². The van der Waals surface area contributed by atoms with Crippen LogP contribution in [0.15, 0.2) is 84.2 Å². The molecule has 0 fully saturated rings. The molecule has 0 aliphatic carbocycles. The zero-order valence-corrected chi connectivity index (χ0v) is 18.2. The zero-order chi connectivity index (χ0) is 20.1. The molecule has 146 valence electrons. The van der Waals surface area contributed by atoms with Crippen LogP contribution in [0.1, 0.15) is 52.4 Å². The van der Waals surface area contributed by atoms with Crippen LogP contribution >= 0.6 is 7.26 Å². The summed E-state index contributed by atoms with van der Waals surface area (Å²) >= 11 is 0. The van der Waals surface area contributed by atoms with Crippen molar-refractivity contribution in [1.29, 1.82) is 5.26 Å². The molecular formula is C26H33NP+. The third-order valence-corrected chi connectivity index (χ3v) is 9.94. The summed E-state index contributed by atoms with van der Waals surface area (Å²) < 4.78 is 0. The Kier molecular flexibility index (Phi) is 9.74. The number of nitriles is 1. The lowest BCUT2D eigenvalue weighted by atomic mass is 10.2. The lowest BCUT2D eigenvalue weighted by Crippen LogP contribution is -2.25. The Labute approximate surface area is 172 Å². The molecule has 0 saturated carbocycles. The second-order valence-electron chi connectivity index (χ2n) is 7.17. The summed E-state index contributed by atoms with van der Waals surface area (Å²) in [4.78, 5) is 0. The van der Waals surface area contributed by atoms with Gasteiger partial charge in [-0.2, -0.15) is 5.26 Å². The minimum Gasteiger partial charge on any atom is -0.198 e. The van der Waals surface area contributed by atoms with Crippen LogP contribution in [0.3, 0.4) is 0 Å². The van der Waals surface area contributed by atoms with E-state index in [9.17, 15) is 0 Å². The molecule has 2 aromatic rings. The summed E-state index contributed by atoms with van der Waals surface area (Å²) in [6.45, 7) is 4.50. The molecule has 0 atom stereocenters. The topological polar surface area (TPSA) is 23.8 Å².